The highest BCUT2D eigenvalue weighted by atomic mass is 16.6. The molecule has 1 heterocycles. The van der Waals surface area contributed by atoms with E-state index < -0.39 is 11.7 Å². The highest BCUT2D eigenvalue weighted by molar-refractivity contribution is 5.68. The summed E-state index contributed by atoms with van der Waals surface area (Å²) in [5, 5.41) is 9.18. The lowest BCUT2D eigenvalue weighted by Gasteiger charge is -2.50. The molecule has 1 atom stereocenters. The number of carbonyl (C=O) groups excluding carboxylic acids is 1. The average Bonchev–Trinajstić information content (AvgIpc) is 2.32. The first kappa shape index (κ1) is 16.2. The van der Waals surface area contributed by atoms with Gasteiger partial charge in [-0.1, -0.05) is 11.8 Å². The molecular weight excluding hydrogens is 266 g/mol. The summed E-state index contributed by atoms with van der Waals surface area (Å²) in [4.78, 5) is 13.9. The van der Waals surface area contributed by atoms with Gasteiger partial charge in [0.25, 0.3) is 0 Å². The number of ether oxygens (including phenoxy) is 1. The fourth-order valence-corrected chi connectivity index (χ4v) is 3.22. The highest BCUT2D eigenvalue weighted by Gasteiger charge is 2.46. The molecule has 0 aromatic rings. The fraction of sp³-hybridized carbons (Fsp3) is 0.824. The Morgan fingerprint density at radius 3 is 2.38 bits per heavy atom. The summed E-state index contributed by atoms with van der Waals surface area (Å²) in [7, 11) is 0. The molecule has 4 nitrogen and oxygen atoms in total. The lowest BCUT2D eigenvalue weighted by molar-refractivity contribution is -0.0158. The van der Waals surface area contributed by atoms with Crippen molar-refractivity contribution in [2.75, 3.05) is 13.1 Å². The molecule has 1 spiro atoms. The molecule has 118 valence electrons. The Bertz CT molecular complexity index is 437. The molecular formula is C17H27NO3. The van der Waals surface area contributed by atoms with E-state index in [1.807, 2.05) is 25.7 Å². The predicted octanol–water partition coefficient (Wildman–Crippen LogP) is 2.80. The summed E-state index contributed by atoms with van der Waals surface area (Å²) < 4.78 is 5.42. The minimum atomic E-state index is -0.532. The molecule has 2 fully saturated rings. The zero-order chi connectivity index (χ0) is 15.7. The molecule has 2 rings (SSSR count). The lowest BCUT2D eigenvalue weighted by atomic mass is 9.58. The largest absolute Gasteiger partial charge is 0.444 e. The first-order valence-corrected chi connectivity index (χ1v) is 7.86. The molecule has 21 heavy (non-hydrogen) atoms. The zero-order valence-electron chi connectivity index (χ0n) is 13.6. The number of likely N-dealkylation sites (tertiary alicyclic amines) is 1. The van der Waals surface area contributed by atoms with E-state index in [0.717, 1.165) is 38.8 Å². The Morgan fingerprint density at radius 1 is 1.33 bits per heavy atom. The van der Waals surface area contributed by atoms with Crippen LogP contribution in [-0.2, 0) is 4.74 Å². The van der Waals surface area contributed by atoms with Crippen molar-refractivity contribution in [1.82, 2.24) is 4.90 Å². The monoisotopic (exact) mass is 293 g/mol. The van der Waals surface area contributed by atoms with Gasteiger partial charge in [-0.2, -0.15) is 0 Å². The van der Waals surface area contributed by atoms with Crippen LogP contribution in [0.1, 0.15) is 53.4 Å². The fourth-order valence-electron chi connectivity index (χ4n) is 3.22. The van der Waals surface area contributed by atoms with Gasteiger partial charge in [-0.05, 0) is 58.8 Å². The van der Waals surface area contributed by atoms with E-state index in [4.69, 9.17) is 4.74 Å². The number of rotatable bonds is 0. The van der Waals surface area contributed by atoms with E-state index in [1.165, 1.54) is 0 Å². The Morgan fingerprint density at radius 2 is 1.90 bits per heavy atom. The van der Waals surface area contributed by atoms with Gasteiger partial charge in [0, 0.05) is 19.0 Å². The predicted molar refractivity (Wildman–Crippen MR) is 81.7 cm³/mol. The third-order valence-corrected chi connectivity index (χ3v) is 4.33. The van der Waals surface area contributed by atoms with E-state index in [2.05, 4.69) is 11.8 Å². The molecule has 0 radical (unpaired) electrons. The molecule has 1 N–H and O–H groups in total. The van der Waals surface area contributed by atoms with Gasteiger partial charge in [-0.25, -0.2) is 4.79 Å². The Hall–Kier alpha value is -1.21. The van der Waals surface area contributed by atoms with Gasteiger partial charge >= 0.3 is 6.09 Å². The number of aliphatic hydroxyl groups is 1. The van der Waals surface area contributed by atoms with Crippen molar-refractivity contribution in [2.24, 2.45) is 11.3 Å². The van der Waals surface area contributed by atoms with Gasteiger partial charge in [0.15, 0.2) is 0 Å². The molecule has 2 aliphatic rings. The van der Waals surface area contributed by atoms with Crippen LogP contribution in [0.5, 0.6) is 0 Å². The average molecular weight is 293 g/mol. The second-order valence-corrected chi connectivity index (χ2v) is 7.54. The topological polar surface area (TPSA) is 49.8 Å². The third-order valence-electron chi connectivity index (χ3n) is 4.33. The van der Waals surface area contributed by atoms with Crippen LogP contribution in [0.15, 0.2) is 0 Å². The first-order chi connectivity index (χ1) is 9.69. The molecule has 1 saturated carbocycles. The number of amides is 1. The van der Waals surface area contributed by atoms with Gasteiger partial charge in [0.2, 0.25) is 0 Å². The molecule has 1 amide bonds. The van der Waals surface area contributed by atoms with Crippen LogP contribution in [0.4, 0.5) is 4.79 Å². The number of aliphatic hydroxyl groups excluding tert-OH is 1. The summed E-state index contributed by atoms with van der Waals surface area (Å²) in [6.45, 7) is 8.95. The van der Waals surface area contributed by atoms with E-state index in [0.29, 0.717) is 11.3 Å². The van der Waals surface area contributed by atoms with Gasteiger partial charge in [0.1, 0.15) is 11.7 Å². The Balaban J connectivity index is 1.78. The van der Waals surface area contributed by atoms with Crippen LogP contribution in [0.2, 0.25) is 0 Å². The smallest absolute Gasteiger partial charge is 0.410 e. The Labute approximate surface area is 127 Å². The molecule has 1 unspecified atom stereocenters. The zero-order valence-corrected chi connectivity index (χ0v) is 13.6. The normalized spacial score (nSPS) is 23.0. The minimum Gasteiger partial charge on any atom is -0.444 e. The van der Waals surface area contributed by atoms with Crippen LogP contribution in [0.25, 0.3) is 0 Å². The summed E-state index contributed by atoms with van der Waals surface area (Å²) in [6.07, 6.45) is 3.57. The number of nitrogens with zero attached hydrogens (tertiary/aromatic N) is 1. The summed E-state index contributed by atoms with van der Waals surface area (Å²) in [6, 6.07) is 0. The number of hydrogen-bond acceptors (Lipinski definition) is 3. The number of piperidine rings is 1. The molecule has 1 saturated heterocycles. The minimum absolute atomic E-state index is 0.192. The van der Waals surface area contributed by atoms with Crippen molar-refractivity contribution < 1.29 is 14.6 Å². The summed E-state index contributed by atoms with van der Waals surface area (Å²) in [5.41, 5.74) is -0.0546. The highest BCUT2D eigenvalue weighted by Crippen LogP contribution is 2.52. The summed E-state index contributed by atoms with van der Waals surface area (Å²) in [5.74, 6) is 6.42. The van der Waals surface area contributed by atoms with Crippen molar-refractivity contribution in [1.29, 1.82) is 0 Å². The summed E-state index contributed by atoms with van der Waals surface area (Å²) >= 11 is 0. The van der Waals surface area contributed by atoms with Gasteiger partial charge in [-0.15, -0.1) is 0 Å². The van der Waals surface area contributed by atoms with Gasteiger partial charge < -0.3 is 14.7 Å². The molecule has 1 aliphatic heterocycles. The molecule has 0 aromatic carbocycles. The lowest BCUT2D eigenvalue weighted by Crippen LogP contribution is -2.49. The molecule has 4 heteroatoms. The van der Waals surface area contributed by atoms with Crippen molar-refractivity contribution in [3.05, 3.63) is 0 Å². The second kappa shape index (κ2) is 5.88. The van der Waals surface area contributed by atoms with Crippen molar-refractivity contribution in [3.63, 3.8) is 0 Å². The third kappa shape index (κ3) is 4.38. The van der Waals surface area contributed by atoms with Crippen LogP contribution in [-0.4, -0.2) is 40.9 Å². The van der Waals surface area contributed by atoms with E-state index in [1.54, 1.807) is 6.92 Å². The van der Waals surface area contributed by atoms with Crippen LogP contribution >= 0.6 is 0 Å². The number of hydrogen-bond donors (Lipinski definition) is 1. The quantitative estimate of drug-likeness (QED) is 0.699. The maximum absolute atomic E-state index is 12.0. The van der Waals surface area contributed by atoms with Crippen molar-refractivity contribution in [2.45, 2.75) is 65.1 Å². The van der Waals surface area contributed by atoms with Crippen LogP contribution < -0.4 is 0 Å². The van der Waals surface area contributed by atoms with Crippen LogP contribution in [0, 0.1) is 23.2 Å². The SMILES string of the molecule is CC(O)C#CC1CC2(CCN(C(=O)OC(C)(C)C)CC2)C1. The molecule has 0 aromatic heterocycles. The van der Waals surface area contributed by atoms with E-state index in [9.17, 15) is 9.90 Å². The standard InChI is InChI=1S/C17H27NO3/c1-13(19)5-6-14-11-17(12-14)7-9-18(10-8-17)15(20)21-16(2,3)4/h13-14,19H,7-12H2,1-4H3. The maximum Gasteiger partial charge on any atom is 0.410 e. The second-order valence-electron chi connectivity index (χ2n) is 7.54. The van der Waals surface area contributed by atoms with Crippen LogP contribution in [0.3, 0.4) is 0 Å². The van der Waals surface area contributed by atoms with E-state index in [-0.39, 0.29) is 6.09 Å². The Kier molecular flexibility index (Phi) is 4.53. The molecule has 0 bridgehead atoms. The van der Waals surface area contributed by atoms with Gasteiger partial charge in [-0.3, -0.25) is 0 Å². The molecule has 1 aliphatic carbocycles. The first-order valence-electron chi connectivity index (χ1n) is 7.86. The number of carbonyl (C=O) groups is 1. The van der Waals surface area contributed by atoms with Crippen molar-refractivity contribution in [3.8, 4) is 11.8 Å². The van der Waals surface area contributed by atoms with E-state index >= 15 is 0 Å². The van der Waals surface area contributed by atoms with Crippen molar-refractivity contribution >= 4 is 6.09 Å². The maximum atomic E-state index is 12.0. The van der Waals surface area contributed by atoms with Gasteiger partial charge in [0.05, 0.1) is 0 Å².